The molecule has 0 aliphatic heterocycles. The Labute approximate surface area is 131 Å². The predicted molar refractivity (Wildman–Crippen MR) is 89.9 cm³/mol. The Morgan fingerprint density at radius 3 is 2.48 bits per heavy atom. The highest BCUT2D eigenvalue weighted by Crippen LogP contribution is 2.43. The van der Waals surface area contributed by atoms with Crippen molar-refractivity contribution in [1.82, 2.24) is 0 Å². The number of benzene rings is 1. The highest BCUT2D eigenvalue weighted by molar-refractivity contribution is 7.07. The van der Waals surface area contributed by atoms with Gasteiger partial charge in [-0.25, -0.2) is 0 Å². The molecule has 1 aromatic heterocycles. The van der Waals surface area contributed by atoms with Gasteiger partial charge in [0.1, 0.15) is 0 Å². The van der Waals surface area contributed by atoms with Crippen molar-refractivity contribution in [1.29, 1.82) is 0 Å². The molecule has 1 aliphatic carbocycles. The fourth-order valence-corrected chi connectivity index (χ4v) is 4.48. The van der Waals surface area contributed by atoms with Crippen LogP contribution in [0.2, 0.25) is 0 Å². The molecule has 1 nitrogen and oxygen atoms in total. The number of hydrogen-bond donors (Lipinski definition) is 1. The quantitative estimate of drug-likeness (QED) is 0.829. The zero-order valence-corrected chi connectivity index (χ0v) is 13.3. The van der Waals surface area contributed by atoms with Crippen LogP contribution in [0.1, 0.15) is 49.7 Å². The van der Waals surface area contributed by atoms with Gasteiger partial charge in [-0.2, -0.15) is 11.3 Å². The summed E-state index contributed by atoms with van der Waals surface area (Å²) >= 11 is 1.74. The van der Waals surface area contributed by atoms with Crippen LogP contribution in [0.5, 0.6) is 0 Å². The van der Waals surface area contributed by atoms with E-state index in [9.17, 15) is 5.11 Å². The molecule has 0 spiro atoms. The summed E-state index contributed by atoms with van der Waals surface area (Å²) in [5, 5.41) is 15.3. The summed E-state index contributed by atoms with van der Waals surface area (Å²) in [6.45, 7) is 0. The Balaban J connectivity index is 1.78. The number of aliphatic hydroxyl groups is 1. The molecule has 0 bridgehead atoms. The van der Waals surface area contributed by atoms with Crippen LogP contribution in [0.4, 0.5) is 0 Å². The van der Waals surface area contributed by atoms with E-state index in [2.05, 4.69) is 47.2 Å². The minimum atomic E-state index is -0.236. The molecule has 0 saturated heterocycles. The standard InChI is InChI=1S/C19H24OS/c20-18(10-9-16-11-14-21-15-16)19(12-5-2-6-13-19)17-7-3-1-4-8-17/h1,3-4,7-8,11,14-15,18,20H,2,5-6,9-10,12-13H2. The Hall–Kier alpha value is -1.12. The Morgan fingerprint density at radius 2 is 1.81 bits per heavy atom. The van der Waals surface area contributed by atoms with Crippen LogP contribution in [0.3, 0.4) is 0 Å². The lowest BCUT2D eigenvalue weighted by Crippen LogP contribution is -2.41. The molecular formula is C19H24OS. The summed E-state index contributed by atoms with van der Waals surface area (Å²) in [5.41, 5.74) is 2.68. The average molecular weight is 300 g/mol. The molecule has 1 N–H and O–H groups in total. The first kappa shape index (κ1) is 14.8. The largest absolute Gasteiger partial charge is 0.392 e. The minimum Gasteiger partial charge on any atom is -0.392 e. The first-order valence-corrected chi connectivity index (χ1v) is 9.00. The second-order valence-corrected chi connectivity index (χ2v) is 7.05. The van der Waals surface area contributed by atoms with Crippen molar-refractivity contribution in [2.75, 3.05) is 0 Å². The maximum atomic E-state index is 11.0. The molecule has 1 fully saturated rings. The van der Waals surface area contributed by atoms with Crippen molar-refractivity contribution in [3.8, 4) is 0 Å². The molecule has 1 atom stereocenters. The summed E-state index contributed by atoms with van der Waals surface area (Å²) in [6.07, 6.45) is 7.66. The molecule has 2 heteroatoms. The Bertz CT molecular complexity index is 526. The molecule has 2 aromatic rings. The van der Waals surface area contributed by atoms with E-state index >= 15 is 0 Å². The summed E-state index contributed by atoms with van der Waals surface area (Å²) < 4.78 is 0. The van der Waals surface area contributed by atoms with Gasteiger partial charge in [-0.1, -0.05) is 49.6 Å². The Morgan fingerprint density at radius 1 is 1.05 bits per heavy atom. The lowest BCUT2D eigenvalue weighted by atomic mass is 9.65. The fourth-order valence-electron chi connectivity index (χ4n) is 3.78. The lowest BCUT2D eigenvalue weighted by molar-refractivity contribution is 0.0472. The van der Waals surface area contributed by atoms with Gasteiger partial charge in [0.2, 0.25) is 0 Å². The normalized spacial score (nSPS) is 19.3. The topological polar surface area (TPSA) is 20.2 Å². The van der Waals surface area contributed by atoms with Crippen LogP contribution in [-0.4, -0.2) is 11.2 Å². The predicted octanol–water partition coefficient (Wildman–Crippen LogP) is 4.94. The van der Waals surface area contributed by atoms with E-state index in [1.54, 1.807) is 11.3 Å². The molecule has 1 unspecified atom stereocenters. The van der Waals surface area contributed by atoms with Crippen LogP contribution in [-0.2, 0) is 11.8 Å². The van der Waals surface area contributed by atoms with Gasteiger partial charge in [-0.3, -0.25) is 0 Å². The van der Waals surface area contributed by atoms with Gasteiger partial charge in [-0.05, 0) is 53.6 Å². The van der Waals surface area contributed by atoms with E-state index < -0.39 is 0 Å². The summed E-state index contributed by atoms with van der Waals surface area (Å²) in [7, 11) is 0. The Kier molecular flexibility index (Phi) is 4.77. The first-order valence-electron chi connectivity index (χ1n) is 8.06. The summed E-state index contributed by atoms with van der Waals surface area (Å²) in [4.78, 5) is 0. The van der Waals surface area contributed by atoms with Crippen LogP contribution in [0, 0.1) is 0 Å². The van der Waals surface area contributed by atoms with Gasteiger partial charge in [0.05, 0.1) is 6.10 Å². The number of hydrogen-bond acceptors (Lipinski definition) is 2. The van der Waals surface area contributed by atoms with E-state index in [1.807, 2.05) is 0 Å². The molecule has 3 rings (SSSR count). The molecular weight excluding hydrogens is 276 g/mol. The lowest BCUT2D eigenvalue weighted by Gasteiger charge is -2.42. The molecule has 21 heavy (non-hydrogen) atoms. The first-order chi connectivity index (χ1) is 10.3. The van der Waals surface area contributed by atoms with Crippen LogP contribution in [0.25, 0.3) is 0 Å². The van der Waals surface area contributed by atoms with Crippen LogP contribution >= 0.6 is 11.3 Å². The SMILES string of the molecule is OC(CCc1ccsc1)C1(c2ccccc2)CCCCC1. The highest BCUT2D eigenvalue weighted by Gasteiger charge is 2.40. The average Bonchev–Trinajstić information content (AvgIpc) is 3.07. The van der Waals surface area contributed by atoms with Gasteiger partial charge in [0, 0.05) is 5.41 Å². The summed E-state index contributed by atoms with van der Waals surface area (Å²) in [5.74, 6) is 0. The number of rotatable bonds is 5. The molecule has 1 heterocycles. The molecule has 1 aliphatic rings. The van der Waals surface area contributed by atoms with Crippen molar-refractivity contribution in [3.05, 3.63) is 58.3 Å². The number of aryl methyl sites for hydroxylation is 1. The van der Waals surface area contributed by atoms with E-state index in [-0.39, 0.29) is 11.5 Å². The van der Waals surface area contributed by atoms with E-state index in [4.69, 9.17) is 0 Å². The van der Waals surface area contributed by atoms with Gasteiger partial charge in [0.15, 0.2) is 0 Å². The minimum absolute atomic E-state index is 0.0183. The third-order valence-electron chi connectivity index (χ3n) is 5.02. The third-order valence-corrected chi connectivity index (χ3v) is 5.75. The monoisotopic (exact) mass is 300 g/mol. The van der Waals surface area contributed by atoms with Gasteiger partial charge < -0.3 is 5.11 Å². The zero-order valence-electron chi connectivity index (χ0n) is 12.5. The van der Waals surface area contributed by atoms with Crippen molar-refractivity contribution < 1.29 is 5.11 Å². The highest BCUT2D eigenvalue weighted by atomic mass is 32.1. The smallest absolute Gasteiger partial charge is 0.0639 e. The van der Waals surface area contributed by atoms with Crippen LogP contribution < -0.4 is 0 Å². The third kappa shape index (κ3) is 3.22. The van der Waals surface area contributed by atoms with E-state index in [1.165, 1.54) is 30.4 Å². The number of aliphatic hydroxyl groups excluding tert-OH is 1. The molecule has 1 aromatic carbocycles. The molecule has 1 saturated carbocycles. The zero-order chi connectivity index (χ0) is 14.5. The van der Waals surface area contributed by atoms with E-state index in [0.29, 0.717) is 0 Å². The maximum Gasteiger partial charge on any atom is 0.0639 e. The van der Waals surface area contributed by atoms with Crippen LogP contribution in [0.15, 0.2) is 47.2 Å². The summed E-state index contributed by atoms with van der Waals surface area (Å²) in [6, 6.07) is 12.9. The van der Waals surface area contributed by atoms with Gasteiger partial charge >= 0.3 is 0 Å². The second-order valence-electron chi connectivity index (χ2n) is 6.27. The van der Waals surface area contributed by atoms with Crippen molar-refractivity contribution in [2.24, 2.45) is 0 Å². The van der Waals surface area contributed by atoms with Crippen molar-refractivity contribution in [2.45, 2.75) is 56.5 Å². The molecule has 0 amide bonds. The molecule has 112 valence electrons. The van der Waals surface area contributed by atoms with E-state index in [0.717, 1.165) is 25.7 Å². The van der Waals surface area contributed by atoms with Gasteiger partial charge in [-0.15, -0.1) is 0 Å². The maximum absolute atomic E-state index is 11.0. The second kappa shape index (κ2) is 6.76. The fraction of sp³-hybridized carbons (Fsp3) is 0.474. The molecule has 0 radical (unpaired) electrons. The van der Waals surface area contributed by atoms with Crippen molar-refractivity contribution >= 4 is 11.3 Å². The number of thiophene rings is 1. The van der Waals surface area contributed by atoms with Crippen molar-refractivity contribution in [3.63, 3.8) is 0 Å². The van der Waals surface area contributed by atoms with Gasteiger partial charge in [0.25, 0.3) is 0 Å².